The molecule has 104 valence electrons. The summed E-state index contributed by atoms with van der Waals surface area (Å²) in [7, 11) is 0. The first-order valence-corrected chi connectivity index (χ1v) is 6.57. The van der Waals surface area contributed by atoms with Crippen molar-refractivity contribution in [3.05, 3.63) is 29.8 Å². The number of carbonyl (C=O) groups is 1. The van der Waals surface area contributed by atoms with E-state index >= 15 is 0 Å². The molecule has 1 heterocycles. The molecule has 2 rings (SSSR count). The summed E-state index contributed by atoms with van der Waals surface area (Å²) < 4.78 is 10.8. The molecule has 0 bridgehead atoms. The molecule has 1 unspecified atom stereocenters. The van der Waals surface area contributed by atoms with Crippen molar-refractivity contribution < 1.29 is 14.3 Å². The van der Waals surface area contributed by atoms with Gasteiger partial charge in [0.15, 0.2) is 6.10 Å². The highest BCUT2D eigenvalue weighted by atomic mass is 16.5. The van der Waals surface area contributed by atoms with Crippen LogP contribution in [-0.4, -0.2) is 31.8 Å². The van der Waals surface area contributed by atoms with Crippen molar-refractivity contribution >= 4 is 5.91 Å². The predicted molar refractivity (Wildman–Crippen MR) is 73.2 cm³/mol. The van der Waals surface area contributed by atoms with Gasteiger partial charge in [0.2, 0.25) is 0 Å². The van der Waals surface area contributed by atoms with Crippen LogP contribution in [0.2, 0.25) is 0 Å². The van der Waals surface area contributed by atoms with E-state index in [4.69, 9.17) is 9.47 Å². The summed E-state index contributed by atoms with van der Waals surface area (Å²) in [6.07, 6.45) is -0.493. The molecule has 1 N–H and O–H groups in total. The van der Waals surface area contributed by atoms with Crippen molar-refractivity contribution in [3.8, 4) is 5.75 Å². The van der Waals surface area contributed by atoms with Gasteiger partial charge in [-0.2, -0.15) is 0 Å². The second kappa shape index (κ2) is 5.61. The van der Waals surface area contributed by atoms with Crippen LogP contribution in [0.25, 0.3) is 0 Å². The molecule has 4 heteroatoms. The van der Waals surface area contributed by atoms with Crippen LogP contribution in [0.3, 0.4) is 0 Å². The summed E-state index contributed by atoms with van der Waals surface area (Å²) in [4.78, 5) is 11.9. The van der Waals surface area contributed by atoms with Crippen LogP contribution in [0.5, 0.6) is 5.75 Å². The Morgan fingerprint density at radius 1 is 1.42 bits per heavy atom. The predicted octanol–water partition coefficient (Wildman–Crippen LogP) is 1.92. The third kappa shape index (κ3) is 3.70. The number of ether oxygens (including phenoxy) is 2. The van der Waals surface area contributed by atoms with Gasteiger partial charge in [-0.05, 0) is 26.0 Å². The molecular formula is C15H21NO3. The van der Waals surface area contributed by atoms with E-state index in [0.717, 1.165) is 0 Å². The van der Waals surface area contributed by atoms with Crippen LogP contribution in [-0.2, 0) is 9.53 Å². The summed E-state index contributed by atoms with van der Waals surface area (Å²) in [6, 6.07) is 7.68. The van der Waals surface area contributed by atoms with E-state index in [9.17, 15) is 4.79 Å². The minimum absolute atomic E-state index is 0.0826. The molecule has 1 atom stereocenters. The van der Waals surface area contributed by atoms with Crippen molar-refractivity contribution in [2.75, 3.05) is 19.8 Å². The molecule has 0 aromatic heterocycles. The lowest BCUT2D eigenvalue weighted by atomic mass is 9.89. The maximum atomic E-state index is 11.9. The van der Waals surface area contributed by atoms with Crippen LogP contribution in [0.15, 0.2) is 24.3 Å². The lowest BCUT2D eigenvalue weighted by Crippen LogP contribution is -2.50. The number of rotatable bonds is 5. The van der Waals surface area contributed by atoms with E-state index in [0.29, 0.717) is 25.5 Å². The maximum absolute atomic E-state index is 11.9. The minimum Gasteiger partial charge on any atom is -0.481 e. The third-order valence-electron chi connectivity index (χ3n) is 3.29. The van der Waals surface area contributed by atoms with E-state index in [1.165, 1.54) is 5.56 Å². The van der Waals surface area contributed by atoms with Crippen molar-refractivity contribution in [2.45, 2.75) is 26.9 Å². The Morgan fingerprint density at radius 2 is 2.05 bits per heavy atom. The second-order valence-corrected chi connectivity index (χ2v) is 5.59. The van der Waals surface area contributed by atoms with Gasteiger partial charge in [-0.3, -0.25) is 4.79 Å². The molecule has 1 aliphatic heterocycles. The van der Waals surface area contributed by atoms with Crippen LogP contribution >= 0.6 is 0 Å². The number of amides is 1. The molecule has 19 heavy (non-hydrogen) atoms. The second-order valence-electron chi connectivity index (χ2n) is 5.59. The van der Waals surface area contributed by atoms with E-state index in [1.54, 1.807) is 6.92 Å². The Bertz CT molecular complexity index is 437. The van der Waals surface area contributed by atoms with Crippen molar-refractivity contribution in [3.63, 3.8) is 0 Å². The summed E-state index contributed by atoms with van der Waals surface area (Å²) in [5, 5.41) is 2.91. The summed E-state index contributed by atoms with van der Waals surface area (Å²) in [6.45, 7) is 7.92. The summed E-state index contributed by atoms with van der Waals surface area (Å²) in [5.41, 5.74) is 1.25. The zero-order valence-corrected chi connectivity index (χ0v) is 11.7. The van der Waals surface area contributed by atoms with E-state index in [-0.39, 0.29) is 11.3 Å². The van der Waals surface area contributed by atoms with Crippen molar-refractivity contribution in [2.24, 2.45) is 5.41 Å². The number of benzene rings is 1. The number of hydrogen-bond donors (Lipinski definition) is 1. The standard InChI is InChI=1S/C15H21NO3/c1-11-4-6-13(7-5-11)19-12(2)14(17)16-8-15(3)9-18-10-15/h4-7,12H,8-10H2,1-3H3,(H,16,17). The molecule has 1 fully saturated rings. The Morgan fingerprint density at radius 3 is 2.58 bits per heavy atom. The quantitative estimate of drug-likeness (QED) is 0.883. The van der Waals surface area contributed by atoms with Crippen LogP contribution in [0.4, 0.5) is 0 Å². The van der Waals surface area contributed by atoms with Crippen molar-refractivity contribution in [1.29, 1.82) is 0 Å². The molecule has 4 nitrogen and oxygen atoms in total. The molecule has 0 spiro atoms. The van der Waals surface area contributed by atoms with Gasteiger partial charge >= 0.3 is 0 Å². The number of aryl methyl sites for hydroxylation is 1. The van der Waals surface area contributed by atoms with Crippen LogP contribution in [0, 0.1) is 12.3 Å². The lowest BCUT2D eigenvalue weighted by molar-refractivity contribution is -0.132. The van der Waals surface area contributed by atoms with Crippen LogP contribution in [0.1, 0.15) is 19.4 Å². The summed E-state index contributed by atoms with van der Waals surface area (Å²) in [5.74, 6) is 0.625. The van der Waals surface area contributed by atoms with E-state index in [1.807, 2.05) is 31.2 Å². The summed E-state index contributed by atoms with van der Waals surface area (Å²) >= 11 is 0. The van der Waals surface area contributed by atoms with Gasteiger partial charge in [0, 0.05) is 12.0 Å². The van der Waals surface area contributed by atoms with Gasteiger partial charge in [0.1, 0.15) is 5.75 Å². The molecule has 0 radical (unpaired) electrons. The Kier molecular flexibility index (Phi) is 4.10. The molecule has 1 amide bonds. The number of carbonyl (C=O) groups excluding carboxylic acids is 1. The fourth-order valence-corrected chi connectivity index (χ4v) is 1.87. The highest BCUT2D eigenvalue weighted by molar-refractivity contribution is 5.80. The average molecular weight is 263 g/mol. The van der Waals surface area contributed by atoms with Gasteiger partial charge in [-0.25, -0.2) is 0 Å². The van der Waals surface area contributed by atoms with Crippen molar-refractivity contribution in [1.82, 2.24) is 5.32 Å². The fourth-order valence-electron chi connectivity index (χ4n) is 1.87. The van der Waals surface area contributed by atoms with Gasteiger partial charge < -0.3 is 14.8 Å². The smallest absolute Gasteiger partial charge is 0.260 e. The average Bonchev–Trinajstić information content (AvgIpc) is 2.36. The van der Waals surface area contributed by atoms with Gasteiger partial charge in [-0.15, -0.1) is 0 Å². The largest absolute Gasteiger partial charge is 0.481 e. The zero-order valence-electron chi connectivity index (χ0n) is 11.7. The van der Waals surface area contributed by atoms with E-state index < -0.39 is 6.10 Å². The molecule has 1 saturated heterocycles. The molecule has 0 aliphatic carbocycles. The fraction of sp³-hybridized carbons (Fsp3) is 0.533. The maximum Gasteiger partial charge on any atom is 0.260 e. The topological polar surface area (TPSA) is 47.6 Å². The number of nitrogens with one attached hydrogen (secondary N) is 1. The van der Waals surface area contributed by atoms with Crippen LogP contribution < -0.4 is 10.1 Å². The Balaban J connectivity index is 1.80. The first-order valence-electron chi connectivity index (χ1n) is 6.57. The zero-order chi connectivity index (χ0) is 13.9. The molecule has 0 saturated carbocycles. The Hall–Kier alpha value is -1.55. The highest BCUT2D eigenvalue weighted by Gasteiger charge is 2.34. The first-order chi connectivity index (χ1) is 8.98. The van der Waals surface area contributed by atoms with E-state index in [2.05, 4.69) is 12.2 Å². The highest BCUT2D eigenvalue weighted by Crippen LogP contribution is 2.25. The normalized spacial score (nSPS) is 18.3. The minimum atomic E-state index is -0.493. The molecule has 1 aromatic carbocycles. The molecule has 1 aliphatic rings. The Labute approximate surface area is 114 Å². The van der Waals surface area contributed by atoms with Gasteiger partial charge in [-0.1, -0.05) is 24.6 Å². The van der Waals surface area contributed by atoms with Gasteiger partial charge in [0.05, 0.1) is 13.2 Å². The van der Waals surface area contributed by atoms with Gasteiger partial charge in [0.25, 0.3) is 5.91 Å². The lowest BCUT2D eigenvalue weighted by Gasteiger charge is -2.38. The monoisotopic (exact) mass is 263 g/mol. The number of hydrogen-bond acceptors (Lipinski definition) is 3. The third-order valence-corrected chi connectivity index (χ3v) is 3.29. The molecule has 1 aromatic rings. The molecular weight excluding hydrogens is 242 g/mol. The SMILES string of the molecule is Cc1ccc(OC(C)C(=O)NCC2(C)COC2)cc1. The first kappa shape index (κ1) is 13.9.